The van der Waals surface area contributed by atoms with Gasteiger partial charge in [0.1, 0.15) is 0 Å². The van der Waals surface area contributed by atoms with Gasteiger partial charge in [-0.2, -0.15) is 0 Å². The molecule has 0 aromatic heterocycles. The predicted octanol–water partition coefficient (Wildman–Crippen LogP) is 2.43. The highest BCUT2D eigenvalue weighted by molar-refractivity contribution is 5.89. The molecule has 2 rings (SSSR count). The van der Waals surface area contributed by atoms with Crippen molar-refractivity contribution in [2.45, 2.75) is 19.3 Å². The summed E-state index contributed by atoms with van der Waals surface area (Å²) in [7, 11) is 2.16. The van der Waals surface area contributed by atoms with Gasteiger partial charge < -0.3 is 4.74 Å². The first-order chi connectivity index (χ1) is 8.20. The fourth-order valence-corrected chi connectivity index (χ4v) is 2.28. The van der Waals surface area contributed by atoms with Gasteiger partial charge in [-0.1, -0.05) is 18.2 Å². The molecule has 1 saturated heterocycles. The van der Waals surface area contributed by atoms with E-state index in [-0.39, 0.29) is 5.97 Å². The van der Waals surface area contributed by atoms with Crippen molar-refractivity contribution in [3.05, 3.63) is 35.9 Å². The summed E-state index contributed by atoms with van der Waals surface area (Å²) in [6.45, 7) is 2.72. The van der Waals surface area contributed by atoms with Gasteiger partial charge in [0.15, 0.2) is 0 Å². The van der Waals surface area contributed by atoms with Crippen molar-refractivity contribution in [2.75, 3.05) is 26.9 Å². The minimum absolute atomic E-state index is 0.212. The molecule has 3 heteroatoms. The Bertz CT molecular complexity index is 369. The Morgan fingerprint density at radius 1 is 1.18 bits per heavy atom. The summed E-state index contributed by atoms with van der Waals surface area (Å²) in [6, 6.07) is 9.19. The van der Waals surface area contributed by atoms with Crippen molar-refractivity contribution in [3.8, 4) is 0 Å². The molecule has 0 amide bonds. The number of carbonyl (C=O) groups is 1. The van der Waals surface area contributed by atoms with Gasteiger partial charge in [-0.15, -0.1) is 0 Å². The van der Waals surface area contributed by atoms with Crippen LogP contribution >= 0.6 is 0 Å². The fraction of sp³-hybridized carbons (Fsp3) is 0.500. The highest BCUT2D eigenvalue weighted by atomic mass is 16.5. The van der Waals surface area contributed by atoms with E-state index >= 15 is 0 Å². The summed E-state index contributed by atoms with van der Waals surface area (Å²) in [5.41, 5.74) is 0.635. The average molecular weight is 234 g/mol. The third kappa shape index (κ3) is 3.30. The number of ether oxygens (including phenoxy) is 1. The lowest BCUT2D eigenvalue weighted by Gasteiger charge is -2.36. The number of esters is 1. The highest BCUT2D eigenvalue weighted by Crippen LogP contribution is 2.16. The van der Waals surface area contributed by atoms with E-state index in [9.17, 15) is 4.79 Å². The number of benzene rings is 1. The second-order valence-electron chi connectivity index (χ2n) is 5.05. The minimum atomic E-state index is -0.212. The van der Waals surface area contributed by atoms with Crippen LogP contribution < -0.4 is 0 Å². The largest absolute Gasteiger partial charge is 0.411 e. The average Bonchev–Trinajstić information content (AvgIpc) is 2.38. The quantitative estimate of drug-likeness (QED) is 0.593. The Morgan fingerprint density at radius 2 is 1.82 bits per heavy atom. The smallest absolute Gasteiger partial charge is 0.342 e. The molecule has 3 nitrogen and oxygen atoms in total. The van der Waals surface area contributed by atoms with Gasteiger partial charge in [0.2, 0.25) is 6.73 Å². The number of quaternary nitrogens is 1. The maximum Gasteiger partial charge on any atom is 0.342 e. The summed E-state index contributed by atoms with van der Waals surface area (Å²) in [4.78, 5) is 11.8. The standard InChI is InChI=1S/C14H20NO2/c1-15(10-6-3-7-11-15)12-17-14(16)13-8-4-2-5-9-13/h2,4-5,8-9H,3,6-7,10-12H2,1H3/q+1. The molecule has 1 aliphatic rings. The van der Waals surface area contributed by atoms with Crippen molar-refractivity contribution in [3.63, 3.8) is 0 Å². The number of hydrogen-bond donors (Lipinski definition) is 0. The van der Waals surface area contributed by atoms with E-state index in [0.29, 0.717) is 12.3 Å². The van der Waals surface area contributed by atoms with Gasteiger partial charge in [-0.3, -0.25) is 4.48 Å². The van der Waals surface area contributed by atoms with E-state index in [1.807, 2.05) is 18.2 Å². The van der Waals surface area contributed by atoms with Crippen LogP contribution in [0, 0.1) is 0 Å². The molecular formula is C14H20NO2+. The third-order valence-electron chi connectivity index (χ3n) is 3.41. The first-order valence-corrected chi connectivity index (χ1v) is 6.25. The Balaban J connectivity index is 1.87. The van der Waals surface area contributed by atoms with Crippen LogP contribution in [0.25, 0.3) is 0 Å². The Labute approximate surface area is 103 Å². The lowest BCUT2D eigenvalue weighted by atomic mass is 10.1. The van der Waals surface area contributed by atoms with E-state index < -0.39 is 0 Å². The summed E-state index contributed by atoms with van der Waals surface area (Å²) >= 11 is 0. The molecule has 0 spiro atoms. The second-order valence-corrected chi connectivity index (χ2v) is 5.05. The zero-order valence-electron chi connectivity index (χ0n) is 10.4. The van der Waals surface area contributed by atoms with Crippen LogP contribution in [0.4, 0.5) is 0 Å². The minimum Gasteiger partial charge on any atom is -0.411 e. The summed E-state index contributed by atoms with van der Waals surface area (Å²) in [6.07, 6.45) is 3.78. The van der Waals surface area contributed by atoms with Crippen molar-refractivity contribution in [1.29, 1.82) is 0 Å². The highest BCUT2D eigenvalue weighted by Gasteiger charge is 2.26. The molecule has 1 fully saturated rings. The molecule has 0 N–H and O–H groups in total. The van der Waals surface area contributed by atoms with Crippen LogP contribution in [0.1, 0.15) is 29.6 Å². The maximum atomic E-state index is 11.8. The van der Waals surface area contributed by atoms with Gasteiger partial charge in [-0.05, 0) is 31.4 Å². The Hall–Kier alpha value is -1.35. The molecular weight excluding hydrogens is 214 g/mol. The van der Waals surface area contributed by atoms with Crippen LogP contribution in [-0.4, -0.2) is 37.3 Å². The SMILES string of the molecule is C[N+]1(COC(=O)c2ccccc2)CCCCC1. The third-order valence-corrected chi connectivity index (χ3v) is 3.41. The van der Waals surface area contributed by atoms with Crippen LogP contribution in [0.15, 0.2) is 30.3 Å². The van der Waals surface area contributed by atoms with E-state index in [2.05, 4.69) is 7.05 Å². The Kier molecular flexibility index (Phi) is 3.79. The van der Waals surface area contributed by atoms with E-state index in [1.165, 1.54) is 19.3 Å². The van der Waals surface area contributed by atoms with Crippen LogP contribution in [0.5, 0.6) is 0 Å². The van der Waals surface area contributed by atoms with Crippen LogP contribution in [0.2, 0.25) is 0 Å². The molecule has 1 aromatic rings. The van der Waals surface area contributed by atoms with Crippen molar-refractivity contribution >= 4 is 5.97 Å². The first-order valence-electron chi connectivity index (χ1n) is 6.25. The number of nitrogens with zero attached hydrogens (tertiary/aromatic N) is 1. The van der Waals surface area contributed by atoms with Gasteiger partial charge in [-0.25, -0.2) is 4.79 Å². The van der Waals surface area contributed by atoms with E-state index in [1.54, 1.807) is 12.1 Å². The molecule has 0 saturated carbocycles. The molecule has 0 aliphatic carbocycles. The van der Waals surface area contributed by atoms with Gasteiger partial charge in [0.05, 0.1) is 25.7 Å². The summed E-state index contributed by atoms with van der Waals surface area (Å²) in [5.74, 6) is -0.212. The first kappa shape index (κ1) is 12.1. The van der Waals surface area contributed by atoms with E-state index in [0.717, 1.165) is 17.6 Å². The molecule has 0 bridgehead atoms. The maximum absolute atomic E-state index is 11.8. The fourth-order valence-electron chi connectivity index (χ4n) is 2.28. The van der Waals surface area contributed by atoms with Crippen molar-refractivity contribution in [2.24, 2.45) is 0 Å². The number of rotatable bonds is 3. The van der Waals surface area contributed by atoms with Crippen LogP contribution in [-0.2, 0) is 4.74 Å². The number of hydrogen-bond acceptors (Lipinski definition) is 2. The molecule has 92 valence electrons. The zero-order valence-corrected chi connectivity index (χ0v) is 10.4. The summed E-state index contributed by atoms with van der Waals surface area (Å²) in [5, 5.41) is 0. The number of carbonyl (C=O) groups excluding carboxylic acids is 1. The molecule has 0 atom stereocenters. The monoisotopic (exact) mass is 234 g/mol. The number of piperidine rings is 1. The Morgan fingerprint density at radius 3 is 2.47 bits per heavy atom. The topological polar surface area (TPSA) is 26.3 Å². The van der Waals surface area contributed by atoms with Crippen LogP contribution in [0.3, 0.4) is 0 Å². The molecule has 0 radical (unpaired) electrons. The van der Waals surface area contributed by atoms with Crippen molar-refractivity contribution < 1.29 is 14.0 Å². The lowest BCUT2D eigenvalue weighted by Crippen LogP contribution is -2.49. The van der Waals surface area contributed by atoms with Crippen molar-refractivity contribution in [1.82, 2.24) is 0 Å². The predicted molar refractivity (Wildman–Crippen MR) is 66.5 cm³/mol. The zero-order chi connectivity index (χ0) is 12.1. The lowest BCUT2D eigenvalue weighted by molar-refractivity contribution is -0.929. The summed E-state index contributed by atoms with van der Waals surface area (Å²) < 4.78 is 6.26. The molecule has 0 unspecified atom stereocenters. The molecule has 1 aromatic carbocycles. The molecule has 1 aliphatic heterocycles. The van der Waals surface area contributed by atoms with E-state index in [4.69, 9.17) is 4.74 Å². The normalized spacial score (nSPS) is 18.6. The molecule has 1 heterocycles. The molecule has 17 heavy (non-hydrogen) atoms. The van der Waals surface area contributed by atoms with Gasteiger partial charge in [0, 0.05) is 0 Å². The number of likely N-dealkylation sites (tertiary alicyclic amines) is 1. The van der Waals surface area contributed by atoms with Gasteiger partial charge >= 0.3 is 5.97 Å². The van der Waals surface area contributed by atoms with Gasteiger partial charge in [0.25, 0.3) is 0 Å². The second kappa shape index (κ2) is 5.32.